The van der Waals surface area contributed by atoms with Gasteiger partial charge in [0.2, 0.25) is 17.7 Å². The van der Waals surface area contributed by atoms with E-state index in [-0.39, 0.29) is 18.8 Å². The van der Waals surface area contributed by atoms with Crippen LogP contribution in [0.25, 0.3) is 0 Å². The van der Waals surface area contributed by atoms with Crippen molar-refractivity contribution in [2.75, 3.05) is 0 Å². The molecular weight excluding hydrogens is 554 g/mol. The van der Waals surface area contributed by atoms with Gasteiger partial charge in [0.15, 0.2) is 0 Å². The van der Waals surface area contributed by atoms with Crippen molar-refractivity contribution in [1.82, 2.24) is 16.0 Å². The minimum absolute atomic E-state index is 0.113. The SMILES string of the molecule is CCCC[C@H](C)[C@@H]1CC(=O)N[C@@H](C(c2ccccc2)c2ccccc2)C(=O)N[C@@H](C)C(=O)N[C@H](Cc2ccccc2)C(=O)O1. The van der Waals surface area contributed by atoms with Crippen LogP contribution < -0.4 is 16.0 Å². The second kappa shape index (κ2) is 15.8. The van der Waals surface area contributed by atoms with Crippen LogP contribution in [0.3, 0.4) is 0 Å². The van der Waals surface area contributed by atoms with Gasteiger partial charge in [0, 0.05) is 12.3 Å². The summed E-state index contributed by atoms with van der Waals surface area (Å²) in [7, 11) is 0. The average molecular weight is 598 g/mol. The first kappa shape index (κ1) is 32.5. The number of benzene rings is 3. The van der Waals surface area contributed by atoms with Crippen molar-refractivity contribution < 1.29 is 23.9 Å². The molecule has 0 unspecified atom stereocenters. The van der Waals surface area contributed by atoms with Crippen LogP contribution in [0.15, 0.2) is 91.0 Å². The van der Waals surface area contributed by atoms with E-state index in [0.29, 0.717) is 0 Å². The van der Waals surface area contributed by atoms with Crippen molar-refractivity contribution in [2.24, 2.45) is 5.92 Å². The highest BCUT2D eigenvalue weighted by atomic mass is 16.5. The molecule has 8 nitrogen and oxygen atoms in total. The Balaban J connectivity index is 1.73. The maximum Gasteiger partial charge on any atom is 0.329 e. The predicted octanol–water partition coefficient (Wildman–Crippen LogP) is 4.68. The van der Waals surface area contributed by atoms with E-state index in [1.165, 1.54) is 0 Å². The van der Waals surface area contributed by atoms with Gasteiger partial charge >= 0.3 is 5.97 Å². The molecule has 1 fully saturated rings. The Bertz CT molecular complexity index is 1340. The van der Waals surface area contributed by atoms with Gasteiger partial charge in [-0.1, -0.05) is 118 Å². The quantitative estimate of drug-likeness (QED) is 0.310. The van der Waals surface area contributed by atoms with Gasteiger partial charge in [-0.2, -0.15) is 0 Å². The molecule has 3 aromatic carbocycles. The van der Waals surface area contributed by atoms with Gasteiger partial charge in [-0.15, -0.1) is 0 Å². The van der Waals surface area contributed by atoms with E-state index in [9.17, 15) is 19.2 Å². The topological polar surface area (TPSA) is 114 Å². The average Bonchev–Trinajstić information content (AvgIpc) is 3.04. The Kier molecular flexibility index (Phi) is 11.7. The number of carbonyl (C=O) groups excluding carboxylic acids is 4. The lowest BCUT2D eigenvalue weighted by Gasteiger charge is -2.30. The fourth-order valence-electron chi connectivity index (χ4n) is 5.62. The van der Waals surface area contributed by atoms with Crippen LogP contribution >= 0.6 is 0 Å². The summed E-state index contributed by atoms with van der Waals surface area (Å²) in [5.74, 6) is -2.69. The number of ether oxygens (including phenoxy) is 1. The third-order valence-corrected chi connectivity index (χ3v) is 8.19. The largest absolute Gasteiger partial charge is 0.460 e. The number of nitrogens with one attached hydrogen (secondary N) is 3. The van der Waals surface area contributed by atoms with Crippen molar-refractivity contribution in [1.29, 1.82) is 0 Å². The molecule has 0 radical (unpaired) electrons. The molecule has 44 heavy (non-hydrogen) atoms. The third kappa shape index (κ3) is 8.78. The maximum atomic E-state index is 14.0. The molecule has 1 saturated heterocycles. The molecule has 0 spiro atoms. The molecule has 0 aromatic heterocycles. The molecule has 1 aliphatic rings. The molecule has 1 aliphatic heterocycles. The van der Waals surface area contributed by atoms with Gasteiger partial charge in [-0.05, 0) is 36.0 Å². The number of carbonyl (C=O) groups is 4. The first-order valence-corrected chi connectivity index (χ1v) is 15.5. The normalized spacial score (nSPS) is 22.4. The number of rotatable bonds is 9. The summed E-state index contributed by atoms with van der Waals surface area (Å²) < 4.78 is 6.03. The first-order valence-electron chi connectivity index (χ1n) is 15.5. The van der Waals surface area contributed by atoms with Crippen LogP contribution in [0, 0.1) is 5.92 Å². The maximum absolute atomic E-state index is 14.0. The Hall–Kier alpha value is -4.46. The second-order valence-electron chi connectivity index (χ2n) is 11.6. The summed E-state index contributed by atoms with van der Waals surface area (Å²) in [4.78, 5) is 54.8. The molecule has 8 heteroatoms. The molecule has 0 aliphatic carbocycles. The molecule has 0 bridgehead atoms. The second-order valence-corrected chi connectivity index (χ2v) is 11.6. The molecule has 1 heterocycles. The van der Waals surface area contributed by atoms with Gasteiger partial charge in [0.05, 0.1) is 6.42 Å². The number of hydrogen-bond donors (Lipinski definition) is 3. The molecule has 3 amide bonds. The van der Waals surface area contributed by atoms with Gasteiger partial charge < -0.3 is 20.7 Å². The molecule has 3 aromatic rings. The van der Waals surface area contributed by atoms with Crippen molar-refractivity contribution in [2.45, 2.75) is 83.0 Å². The van der Waals surface area contributed by atoms with Crippen LogP contribution in [0.4, 0.5) is 0 Å². The number of cyclic esters (lactones) is 1. The minimum atomic E-state index is -1.04. The van der Waals surface area contributed by atoms with Crippen LogP contribution in [0.2, 0.25) is 0 Å². The summed E-state index contributed by atoms with van der Waals surface area (Å²) >= 11 is 0. The van der Waals surface area contributed by atoms with Crippen molar-refractivity contribution in [3.05, 3.63) is 108 Å². The van der Waals surface area contributed by atoms with E-state index in [0.717, 1.165) is 36.0 Å². The first-order chi connectivity index (χ1) is 21.3. The lowest BCUT2D eigenvalue weighted by molar-refractivity contribution is -0.157. The van der Waals surface area contributed by atoms with Gasteiger partial charge in [-0.3, -0.25) is 14.4 Å². The Morgan fingerprint density at radius 3 is 1.91 bits per heavy atom. The molecule has 232 valence electrons. The summed E-state index contributed by atoms with van der Waals surface area (Å²) in [6.45, 7) is 5.61. The zero-order valence-electron chi connectivity index (χ0n) is 25.7. The Labute approximate surface area is 260 Å². The Morgan fingerprint density at radius 1 is 0.773 bits per heavy atom. The highest BCUT2D eigenvalue weighted by Crippen LogP contribution is 2.29. The van der Waals surface area contributed by atoms with Gasteiger partial charge in [0.1, 0.15) is 24.2 Å². The number of hydrogen-bond acceptors (Lipinski definition) is 5. The van der Waals surface area contributed by atoms with E-state index in [2.05, 4.69) is 22.9 Å². The number of unbranched alkanes of at least 4 members (excludes halogenated alkanes) is 1. The predicted molar refractivity (Wildman–Crippen MR) is 170 cm³/mol. The van der Waals surface area contributed by atoms with Crippen LogP contribution in [-0.2, 0) is 30.3 Å². The minimum Gasteiger partial charge on any atom is -0.460 e. The van der Waals surface area contributed by atoms with Crippen molar-refractivity contribution in [3.63, 3.8) is 0 Å². The van der Waals surface area contributed by atoms with E-state index in [1.54, 1.807) is 6.92 Å². The lowest BCUT2D eigenvalue weighted by atomic mass is 9.84. The molecule has 5 atom stereocenters. The van der Waals surface area contributed by atoms with Gasteiger partial charge in [-0.25, -0.2) is 4.79 Å². The summed E-state index contributed by atoms with van der Waals surface area (Å²) in [6.07, 6.45) is 1.99. The molecule has 4 rings (SSSR count). The zero-order chi connectivity index (χ0) is 31.5. The number of esters is 1. The molecule has 0 saturated carbocycles. The van der Waals surface area contributed by atoms with Crippen LogP contribution in [0.1, 0.15) is 69.1 Å². The zero-order valence-corrected chi connectivity index (χ0v) is 25.7. The lowest BCUT2D eigenvalue weighted by Crippen LogP contribution is -2.56. The fraction of sp³-hybridized carbons (Fsp3) is 0.389. The standard InChI is InChI=1S/C36H43N3O5/c1-4-5-15-24(2)30-23-31(40)39-33(32(27-18-11-7-12-19-27)28-20-13-8-14-21-28)35(42)37-25(3)34(41)38-29(36(43)44-30)22-26-16-9-6-10-17-26/h6-14,16-21,24-25,29-30,32-33H,4-5,15,22-23H2,1-3H3,(H,37,42)(H,38,41)(H,39,40)/t24-,25-,29+,30-,33-/m0/s1. The summed E-state index contributed by atoms with van der Waals surface area (Å²) in [6, 6.07) is 25.3. The van der Waals surface area contributed by atoms with Gasteiger partial charge in [0.25, 0.3) is 0 Å². The number of amides is 3. The summed E-state index contributed by atoms with van der Waals surface area (Å²) in [5.41, 5.74) is 2.52. The molecule has 3 N–H and O–H groups in total. The van der Waals surface area contributed by atoms with Crippen LogP contribution in [0.5, 0.6) is 0 Å². The van der Waals surface area contributed by atoms with E-state index in [1.807, 2.05) is 97.9 Å². The van der Waals surface area contributed by atoms with Crippen molar-refractivity contribution >= 4 is 23.7 Å². The van der Waals surface area contributed by atoms with E-state index >= 15 is 0 Å². The smallest absolute Gasteiger partial charge is 0.329 e. The fourth-order valence-corrected chi connectivity index (χ4v) is 5.62. The highest BCUT2D eigenvalue weighted by Gasteiger charge is 2.37. The molecular formula is C36H43N3O5. The van der Waals surface area contributed by atoms with Crippen LogP contribution in [-0.4, -0.2) is 47.9 Å². The Morgan fingerprint density at radius 2 is 1.34 bits per heavy atom. The van der Waals surface area contributed by atoms with Crippen molar-refractivity contribution in [3.8, 4) is 0 Å². The highest BCUT2D eigenvalue weighted by molar-refractivity contribution is 5.94. The summed E-state index contributed by atoms with van der Waals surface area (Å²) in [5, 5.41) is 8.58. The van der Waals surface area contributed by atoms with E-state index in [4.69, 9.17) is 4.74 Å². The van der Waals surface area contributed by atoms with E-state index < -0.39 is 53.8 Å². The third-order valence-electron chi connectivity index (χ3n) is 8.19. The monoisotopic (exact) mass is 597 g/mol.